The second-order valence-corrected chi connectivity index (χ2v) is 7.95. The molecule has 2 N–H and O–H groups in total. The summed E-state index contributed by atoms with van der Waals surface area (Å²) < 4.78 is 5.40. The summed E-state index contributed by atoms with van der Waals surface area (Å²) in [4.78, 5) is 12.2. The van der Waals surface area contributed by atoms with Crippen LogP contribution in [0.1, 0.15) is 46.5 Å². The van der Waals surface area contributed by atoms with Crippen LogP contribution in [0.4, 0.5) is 4.79 Å². The molecule has 26 heavy (non-hydrogen) atoms. The van der Waals surface area contributed by atoms with Gasteiger partial charge in [-0.25, -0.2) is 10.2 Å². The molecule has 1 unspecified atom stereocenters. The van der Waals surface area contributed by atoms with Crippen LogP contribution in [0.25, 0.3) is 11.1 Å². The fourth-order valence-electron chi connectivity index (χ4n) is 3.56. The first kappa shape index (κ1) is 18.5. The number of benzene rings is 2. The van der Waals surface area contributed by atoms with Gasteiger partial charge in [-0.2, -0.15) is 0 Å². The summed E-state index contributed by atoms with van der Waals surface area (Å²) in [6.07, 6.45) is 4.10. The van der Waals surface area contributed by atoms with Gasteiger partial charge in [-0.1, -0.05) is 69.2 Å². The lowest BCUT2D eigenvalue weighted by Crippen LogP contribution is -2.61. The van der Waals surface area contributed by atoms with Gasteiger partial charge in [0.1, 0.15) is 5.75 Å². The molecule has 0 spiro atoms. The molecule has 1 saturated carbocycles. The molecule has 4 heteroatoms. The number of amides is 1. The first-order valence-corrected chi connectivity index (χ1v) is 9.30. The van der Waals surface area contributed by atoms with Crippen LogP contribution in [0, 0.1) is 5.41 Å². The van der Waals surface area contributed by atoms with Crippen LogP contribution in [0.5, 0.6) is 5.75 Å². The average Bonchev–Trinajstić information content (AvgIpc) is 2.64. The molecule has 1 atom stereocenters. The Morgan fingerprint density at radius 2 is 1.50 bits per heavy atom. The van der Waals surface area contributed by atoms with E-state index in [0.717, 1.165) is 24.0 Å². The summed E-state index contributed by atoms with van der Waals surface area (Å²) in [6, 6.07) is 17.7. The van der Waals surface area contributed by atoms with E-state index in [1.165, 1.54) is 12.8 Å². The Labute approximate surface area is 155 Å². The summed E-state index contributed by atoms with van der Waals surface area (Å²) >= 11 is 0. The largest absolute Gasteiger partial charge is 0.427 e. The normalized spacial score (nSPS) is 21.8. The monoisotopic (exact) mass is 352 g/mol. The fraction of sp³-hybridized carbons (Fsp3) is 0.409. The van der Waals surface area contributed by atoms with Crippen LogP contribution >= 0.6 is 0 Å². The van der Waals surface area contributed by atoms with Gasteiger partial charge >= 0.3 is 6.09 Å². The summed E-state index contributed by atoms with van der Waals surface area (Å²) in [5.74, 6) is 0.525. The highest BCUT2D eigenvalue weighted by atomic mass is 16.6. The molecule has 0 heterocycles. The van der Waals surface area contributed by atoms with Gasteiger partial charge in [-0.3, -0.25) is 5.43 Å². The molecule has 1 fully saturated rings. The predicted octanol–water partition coefficient (Wildman–Crippen LogP) is 5.31. The van der Waals surface area contributed by atoms with E-state index in [9.17, 15) is 4.79 Å². The smallest absolute Gasteiger partial charge is 0.409 e. The number of hydrogen-bond acceptors (Lipinski definition) is 3. The van der Waals surface area contributed by atoms with Crippen molar-refractivity contribution in [3.63, 3.8) is 0 Å². The highest BCUT2D eigenvalue weighted by Gasteiger charge is 2.43. The molecule has 0 aliphatic heterocycles. The average molecular weight is 352 g/mol. The van der Waals surface area contributed by atoms with Crippen molar-refractivity contribution in [1.29, 1.82) is 0 Å². The predicted molar refractivity (Wildman–Crippen MR) is 105 cm³/mol. The fourth-order valence-corrected chi connectivity index (χ4v) is 3.56. The van der Waals surface area contributed by atoms with E-state index in [1.807, 2.05) is 42.5 Å². The zero-order valence-electron chi connectivity index (χ0n) is 15.8. The van der Waals surface area contributed by atoms with Crippen LogP contribution < -0.4 is 15.6 Å². The molecule has 0 bridgehead atoms. The SMILES string of the molecule is CC1(C)CCCCC1(C)NNC(=O)Oc1ccc(-c2ccccc2)cc1. The quantitative estimate of drug-likeness (QED) is 0.734. The molecule has 138 valence electrons. The minimum absolute atomic E-state index is 0.121. The highest BCUT2D eigenvalue weighted by Crippen LogP contribution is 2.43. The lowest BCUT2D eigenvalue weighted by molar-refractivity contribution is 0.0640. The third-order valence-corrected chi connectivity index (χ3v) is 5.83. The molecule has 4 nitrogen and oxygen atoms in total. The van der Waals surface area contributed by atoms with Crippen molar-refractivity contribution in [3.05, 3.63) is 54.6 Å². The van der Waals surface area contributed by atoms with Crippen molar-refractivity contribution in [2.45, 2.75) is 52.0 Å². The lowest BCUT2D eigenvalue weighted by atomic mass is 9.64. The van der Waals surface area contributed by atoms with Crippen LogP contribution in [-0.2, 0) is 0 Å². The first-order chi connectivity index (χ1) is 12.4. The van der Waals surface area contributed by atoms with Crippen molar-refractivity contribution in [2.75, 3.05) is 0 Å². The minimum Gasteiger partial charge on any atom is -0.409 e. The summed E-state index contributed by atoms with van der Waals surface area (Å²) in [5, 5.41) is 0. The molecule has 2 aromatic carbocycles. The van der Waals surface area contributed by atoms with Gasteiger partial charge in [0.15, 0.2) is 0 Å². The lowest BCUT2D eigenvalue weighted by Gasteiger charge is -2.48. The molecule has 0 saturated heterocycles. The van der Waals surface area contributed by atoms with E-state index in [0.29, 0.717) is 5.75 Å². The second-order valence-electron chi connectivity index (χ2n) is 7.95. The van der Waals surface area contributed by atoms with Crippen LogP contribution in [0.2, 0.25) is 0 Å². The second kappa shape index (κ2) is 7.50. The van der Waals surface area contributed by atoms with E-state index in [1.54, 1.807) is 0 Å². The van der Waals surface area contributed by atoms with E-state index in [4.69, 9.17) is 4.74 Å². The number of ether oxygens (including phenoxy) is 1. The Kier molecular flexibility index (Phi) is 5.33. The Hall–Kier alpha value is -2.33. The molecule has 2 aromatic rings. The number of carbonyl (C=O) groups excluding carboxylic acids is 1. The molecule has 0 radical (unpaired) electrons. The molecular weight excluding hydrogens is 324 g/mol. The zero-order valence-corrected chi connectivity index (χ0v) is 15.8. The zero-order chi connectivity index (χ0) is 18.6. The van der Waals surface area contributed by atoms with E-state index in [-0.39, 0.29) is 11.0 Å². The molecule has 1 aliphatic carbocycles. The van der Waals surface area contributed by atoms with E-state index < -0.39 is 6.09 Å². The Bertz CT molecular complexity index is 740. The van der Waals surface area contributed by atoms with Crippen molar-refractivity contribution < 1.29 is 9.53 Å². The van der Waals surface area contributed by atoms with Crippen molar-refractivity contribution in [2.24, 2.45) is 5.41 Å². The van der Waals surface area contributed by atoms with Crippen LogP contribution in [-0.4, -0.2) is 11.6 Å². The van der Waals surface area contributed by atoms with Crippen molar-refractivity contribution in [3.8, 4) is 16.9 Å². The van der Waals surface area contributed by atoms with Crippen molar-refractivity contribution >= 4 is 6.09 Å². The molecule has 1 amide bonds. The number of rotatable bonds is 4. The summed E-state index contributed by atoms with van der Waals surface area (Å²) in [7, 11) is 0. The van der Waals surface area contributed by atoms with Gasteiger partial charge in [0.05, 0.1) is 0 Å². The Balaban J connectivity index is 1.57. The number of carbonyl (C=O) groups is 1. The topological polar surface area (TPSA) is 50.4 Å². The van der Waals surface area contributed by atoms with Gasteiger partial charge in [0, 0.05) is 5.54 Å². The third kappa shape index (κ3) is 4.07. The summed E-state index contributed by atoms with van der Waals surface area (Å²) in [5.41, 5.74) is 8.16. The van der Waals surface area contributed by atoms with E-state index in [2.05, 4.69) is 43.8 Å². The van der Waals surface area contributed by atoms with Gasteiger partial charge in [0.2, 0.25) is 0 Å². The number of hydrazine groups is 1. The Morgan fingerprint density at radius 3 is 2.15 bits per heavy atom. The standard InChI is InChI=1S/C22H28N2O2/c1-21(2)15-7-8-16-22(21,3)24-23-20(25)26-19-13-11-18(12-14-19)17-9-5-4-6-10-17/h4-6,9-14,24H,7-8,15-16H2,1-3H3,(H,23,25). The maximum Gasteiger partial charge on any atom is 0.427 e. The van der Waals surface area contributed by atoms with Crippen LogP contribution in [0.3, 0.4) is 0 Å². The number of nitrogens with one attached hydrogen (secondary N) is 2. The highest BCUT2D eigenvalue weighted by molar-refractivity contribution is 5.71. The molecular formula is C22H28N2O2. The van der Waals surface area contributed by atoms with Gasteiger partial charge in [0.25, 0.3) is 0 Å². The molecule has 0 aromatic heterocycles. The summed E-state index contributed by atoms with van der Waals surface area (Å²) in [6.45, 7) is 6.66. The first-order valence-electron chi connectivity index (χ1n) is 9.30. The maximum atomic E-state index is 12.2. The Morgan fingerprint density at radius 1 is 0.885 bits per heavy atom. The van der Waals surface area contributed by atoms with Gasteiger partial charge in [-0.05, 0) is 48.4 Å². The molecule has 3 rings (SSSR count). The van der Waals surface area contributed by atoms with E-state index >= 15 is 0 Å². The minimum atomic E-state index is -0.486. The van der Waals surface area contributed by atoms with Gasteiger partial charge in [-0.15, -0.1) is 0 Å². The van der Waals surface area contributed by atoms with Crippen LogP contribution in [0.15, 0.2) is 54.6 Å². The molecule has 1 aliphatic rings. The maximum absolute atomic E-state index is 12.2. The van der Waals surface area contributed by atoms with Crippen molar-refractivity contribution in [1.82, 2.24) is 10.9 Å². The number of hydrogen-bond donors (Lipinski definition) is 2. The van der Waals surface area contributed by atoms with Gasteiger partial charge < -0.3 is 4.74 Å². The third-order valence-electron chi connectivity index (χ3n) is 5.83.